The van der Waals surface area contributed by atoms with Crippen LogP contribution in [0.4, 0.5) is 0 Å². The molecule has 0 amide bonds. The van der Waals surface area contributed by atoms with Gasteiger partial charge in [0.15, 0.2) is 0 Å². The number of hydrogen-bond donors (Lipinski definition) is 1. The molecule has 2 aromatic rings. The maximum atomic E-state index is 5.99. The molecule has 0 fully saturated rings. The van der Waals surface area contributed by atoms with Gasteiger partial charge in [-0.1, -0.05) is 17.7 Å². The molecule has 0 aromatic heterocycles. The molecule has 1 atom stereocenters. The lowest BCUT2D eigenvalue weighted by Crippen LogP contribution is -2.18. The van der Waals surface area contributed by atoms with E-state index < -0.39 is 0 Å². The number of aryl methyl sites for hydroxylation is 1. The van der Waals surface area contributed by atoms with Crippen molar-refractivity contribution in [2.75, 3.05) is 6.61 Å². The predicted molar refractivity (Wildman–Crippen MR) is 86.2 cm³/mol. The quantitative estimate of drug-likeness (QED) is 0.870. The highest BCUT2D eigenvalue weighted by Gasteiger charge is 2.08. The number of hydrogen-bond acceptors (Lipinski definition) is 3. The van der Waals surface area contributed by atoms with E-state index in [1.165, 1.54) is 5.56 Å². The van der Waals surface area contributed by atoms with Gasteiger partial charge in [0.1, 0.15) is 17.2 Å². The Kier molecular flexibility index (Phi) is 5.23. The van der Waals surface area contributed by atoms with E-state index in [9.17, 15) is 0 Å². The second-order valence-corrected chi connectivity index (χ2v) is 5.30. The molecule has 21 heavy (non-hydrogen) atoms. The van der Waals surface area contributed by atoms with Crippen LogP contribution in [-0.2, 0) is 6.42 Å². The molecule has 1 unspecified atom stereocenters. The third-order valence-corrected chi connectivity index (χ3v) is 3.12. The van der Waals surface area contributed by atoms with E-state index in [1.807, 2.05) is 44.2 Å². The lowest BCUT2D eigenvalue weighted by Gasteiger charge is -2.14. The molecule has 0 saturated heterocycles. The van der Waals surface area contributed by atoms with Gasteiger partial charge in [0, 0.05) is 6.04 Å². The van der Waals surface area contributed by atoms with E-state index in [4.69, 9.17) is 15.2 Å². The van der Waals surface area contributed by atoms with Gasteiger partial charge in [-0.05, 0) is 63.1 Å². The Labute approximate surface area is 126 Å². The van der Waals surface area contributed by atoms with Crippen LogP contribution in [0, 0.1) is 6.92 Å². The Morgan fingerprint density at radius 2 is 1.71 bits per heavy atom. The molecule has 0 bridgehead atoms. The Balaban J connectivity index is 2.18. The number of rotatable bonds is 6. The van der Waals surface area contributed by atoms with Gasteiger partial charge in [0.25, 0.3) is 0 Å². The molecule has 112 valence electrons. The zero-order chi connectivity index (χ0) is 15.2. The minimum Gasteiger partial charge on any atom is -0.494 e. The summed E-state index contributed by atoms with van der Waals surface area (Å²) in [4.78, 5) is 0. The van der Waals surface area contributed by atoms with Crippen LogP contribution in [0.15, 0.2) is 42.5 Å². The lowest BCUT2D eigenvalue weighted by atomic mass is 10.0. The number of nitrogens with two attached hydrogens (primary N) is 1. The molecule has 0 aliphatic rings. The highest BCUT2D eigenvalue weighted by atomic mass is 16.5. The van der Waals surface area contributed by atoms with Crippen LogP contribution in [0.2, 0.25) is 0 Å². The molecule has 2 N–H and O–H groups in total. The average Bonchev–Trinajstić information content (AvgIpc) is 2.43. The standard InChI is InChI=1S/C18H23NO2/c1-4-20-16-6-8-17(9-7-16)21-18-10-5-13(2)11-15(18)12-14(3)19/h5-11,14H,4,12,19H2,1-3H3. The number of benzene rings is 2. The monoisotopic (exact) mass is 285 g/mol. The summed E-state index contributed by atoms with van der Waals surface area (Å²) in [6.45, 7) is 6.71. The molecule has 0 heterocycles. The van der Waals surface area contributed by atoms with Crippen LogP contribution in [-0.4, -0.2) is 12.6 Å². The van der Waals surface area contributed by atoms with E-state index in [2.05, 4.69) is 19.1 Å². The molecule has 2 aromatic carbocycles. The van der Waals surface area contributed by atoms with Crippen LogP contribution in [0.1, 0.15) is 25.0 Å². The summed E-state index contributed by atoms with van der Waals surface area (Å²) in [7, 11) is 0. The Morgan fingerprint density at radius 3 is 2.33 bits per heavy atom. The summed E-state index contributed by atoms with van der Waals surface area (Å²) in [5, 5.41) is 0. The van der Waals surface area contributed by atoms with Gasteiger partial charge in [0.05, 0.1) is 6.61 Å². The first-order chi connectivity index (χ1) is 10.1. The van der Waals surface area contributed by atoms with E-state index in [0.717, 1.165) is 29.2 Å². The molecule has 0 saturated carbocycles. The zero-order valence-corrected chi connectivity index (χ0v) is 12.9. The average molecular weight is 285 g/mol. The molecule has 3 nitrogen and oxygen atoms in total. The highest BCUT2D eigenvalue weighted by molar-refractivity contribution is 5.41. The zero-order valence-electron chi connectivity index (χ0n) is 12.9. The Hall–Kier alpha value is -2.00. The summed E-state index contributed by atoms with van der Waals surface area (Å²) in [6.07, 6.45) is 0.800. The predicted octanol–water partition coefficient (Wildman–Crippen LogP) is 4.08. The topological polar surface area (TPSA) is 44.5 Å². The lowest BCUT2D eigenvalue weighted by molar-refractivity contribution is 0.339. The van der Waals surface area contributed by atoms with Crippen molar-refractivity contribution in [2.45, 2.75) is 33.2 Å². The smallest absolute Gasteiger partial charge is 0.130 e. The fourth-order valence-electron chi connectivity index (χ4n) is 2.21. The van der Waals surface area contributed by atoms with Crippen molar-refractivity contribution >= 4 is 0 Å². The molecule has 2 rings (SSSR count). The van der Waals surface area contributed by atoms with Crippen LogP contribution in [0.5, 0.6) is 17.2 Å². The van der Waals surface area contributed by atoms with E-state index in [-0.39, 0.29) is 6.04 Å². The minimum atomic E-state index is 0.106. The van der Waals surface area contributed by atoms with Gasteiger partial charge < -0.3 is 15.2 Å². The Morgan fingerprint density at radius 1 is 1.05 bits per heavy atom. The van der Waals surface area contributed by atoms with Crippen molar-refractivity contribution in [1.82, 2.24) is 0 Å². The molecule has 3 heteroatoms. The summed E-state index contributed by atoms with van der Waals surface area (Å²) < 4.78 is 11.4. The molecule has 0 aliphatic heterocycles. The minimum absolute atomic E-state index is 0.106. The maximum absolute atomic E-state index is 5.99. The first-order valence-corrected chi connectivity index (χ1v) is 7.34. The van der Waals surface area contributed by atoms with Gasteiger partial charge in [-0.3, -0.25) is 0 Å². The third kappa shape index (κ3) is 4.50. The van der Waals surface area contributed by atoms with Crippen LogP contribution < -0.4 is 15.2 Å². The van der Waals surface area contributed by atoms with Crippen molar-refractivity contribution in [3.8, 4) is 17.2 Å². The van der Waals surface area contributed by atoms with Gasteiger partial charge in [-0.25, -0.2) is 0 Å². The summed E-state index contributed by atoms with van der Waals surface area (Å²) in [5.74, 6) is 2.51. The van der Waals surface area contributed by atoms with Crippen molar-refractivity contribution in [3.05, 3.63) is 53.6 Å². The molecular weight excluding hydrogens is 262 g/mol. The molecular formula is C18H23NO2. The van der Waals surface area contributed by atoms with Crippen molar-refractivity contribution in [1.29, 1.82) is 0 Å². The van der Waals surface area contributed by atoms with Crippen molar-refractivity contribution in [2.24, 2.45) is 5.73 Å². The summed E-state index contributed by atoms with van der Waals surface area (Å²) in [6, 6.07) is 14.0. The first kappa shape index (κ1) is 15.4. The van der Waals surface area contributed by atoms with Gasteiger partial charge in [-0.15, -0.1) is 0 Å². The van der Waals surface area contributed by atoms with Gasteiger partial charge in [-0.2, -0.15) is 0 Å². The van der Waals surface area contributed by atoms with Crippen molar-refractivity contribution < 1.29 is 9.47 Å². The van der Waals surface area contributed by atoms with Crippen LogP contribution in [0.3, 0.4) is 0 Å². The van der Waals surface area contributed by atoms with E-state index >= 15 is 0 Å². The maximum Gasteiger partial charge on any atom is 0.130 e. The third-order valence-electron chi connectivity index (χ3n) is 3.12. The van der Waals surface area contributed by atoms with Gasteiger partial charge in [0.2, 0.25) is 0 Å². The van der Waals surface area contributed by atoms with E-state index in [0.29, 0.717) is 6.61 Å². The molecule has 0 spiro atoms. The summed E-state index contributed by atoms with van der Waals surface area (Å²) in [5.41, 5.74) is 8.27. The van der Waals surface area contributed by atoms with Gasteiger partial charge >= 0.3 is 0 Å². The Bertz CT molecular complexity index is 576. The first-order valence-electron chi connectivity index (χ1n) is 7.34. The highest BCUT2D eigenvalue weighted by Crippen LogP contribution is 2.28. The SMILES string of the molecule is CCOc1ccc(Oc2ccc(C)cc2CC(C)N)cc1. The molecule has 0 radical (unpaired) electrons. The second kappa shape index (κ2) is 7.14. The largest absolute Gasteiger partial charge is 0.494 e. The normalized spacial score (nSPS) is 12.0. The number of ether oxygens (including phenoxy) is 2. The summed E-state index contributed by atoms with van der Waals surface area (Å²) >= 11 is 0. The van der Waals surface area contributed by atoms with Crippen LogP contribution >= 0.6 is 0 Å². The molecule has 0 aliphatic carbocycles. The van der Waals surface area contributed by atoms with E-state index in [1.54, 1.807) is 0 Å². The second-order valence-electron chi connectivity index (χ2n) is 5.30. The van der Waals surface area contributed by atoms with Crippen LogP contribution in [0.25, 0.3) is 0 Å². The fourth-order valence-corrected chi connectivity index (χ4v) is 2.21. The van der Waals surface area contributed by atoms with Crippen molar-refractivity contribution in [3.63, 3.8) is 0 Å². The fraction of sp³-hybridized carbons (Fsp3) is 0.333.